The van der Waals surface area contributed by atoms with Crippen LogP contribution in [0.5, 0.6) is 0 Å². The molecular formula is C19H22N2O4. The number of nitrogens with one attached hydrogen (secondary N) is 1. The summed E-state index contributed by atoms with van der Waals surface area (Å²) in [6.45, 7) is 3.11. The molecule has 2 aliphatic rings. The van der Waals surface area contributed by atoms with Gasteiger partial charge in [-0.15, -0.1) is 0 Å². The topological polar surface area (TPSA) is 82.8 Å². The van der Waals surface area contributed by atoms with E-state index in [1.165, 1.54) is 0 Å². The average Bonchev–Trinajstić information content (AvgIpc) is 3.24. The number of benzene rings is 1. The molecule has 0 bridgehead atoms. The SMILES string of the molecule is Cc1c(CNC(=O)N2C[C@@H]3CCC[C@@]3(C(=O)O)C2)oc2ccccc12. The Balaban J connectivity index is 1.44. The third-order valence-corrected chi connectivity index (χ3v) is 5.93. The monoisotopic (exact) mass is 342 g/mol. The van der Waals surface area contributed by atoms with E-state index in [4.69, 9.17) is 4.42 Å². The molecule has 1 aromatic heterocycles. The number of hydrogen-bond acceptors (Lipinski definition) is 3. The second-order valence-electron chi connectivity index (χ2n) is 7.24. The Labute approximate surface area is 145 Å². The lowest BCUT2D eigenvalue weighted by atomic mass is 9.81. The summed E-state index contributed by atoms with van der Waals surface area (Å²) in [6.07, 6.45) is 2.49. The molecule has 4 rings (SSSR count). The molecule has 2 amide bonds. The lowest BCUT2D eigenvalue weighted by molar-refractivity contribution is -0.149. The molecule has 2 N–H and O–H groups in total. The molecule has 0 unspecified atom stereocenters. The van der Waals surface area contributed by atoms with Crippen LogP contribution in [0.1, 0.15) is 30.6 Å². The van der Waals surface area contributed by atoms with Crippen molar-refractivity contribution in [2.45, 2.75) is 32.7 Å². The van der Waals surface area contributed by atoms with Crippen molar-refractivity contribution in [1.29, 1.82) is 0 Å². The molecule has 6 heteroatoms. The van der Waals surface area contributed by atoms with Gasteiger partial charge in [-0.1, -0.05) is 24.6 Å². The molecule has 1 saturated heterocycles. The van der Waals surface area contributed by atoms with Crippen LogP contribution < -0.4 is 5.32 Å². The second-order valence-corrected chi connectivity index (χ2v) is 7.24. The number of carbonyl (C=O) groups excluding carboxylic acids is 1. The number of carbonyl (C=O) groups is 2. The number of nitrogens with zero attached hydrogens (tertiary/aromatic N) is 1. The summed E-state index contributed by atoms with van der Waals surface area (Å²) in [6, 6.07) is 7.57. The smallest absolute Gasteiger partial charge is 0.317 e. The van der Waals surface area contributed by atoms with E-state index in [1.807, 2.05) is 31.2 Å². The molecule has 0 spiro atoms. The largest absolute Gasteiger partial charge is 0.481 e. The van der Waals surface area contributed by atoms with Crippen molar-refractivity contribution in [2.75, 3.05) is 13.1 Å². The van der Waals surface area contributed by atoms with Gasteiger partial charge in [0.1, 0.15) is 11.3 Å². The van der Waals surface area contributed by atoms with E-state index in [1.54, 1.807) is 4.90 Å². The van der Waals surface area contributed by atoms with Crippen molar-refractivity contribution in [2.24, 2.45) is 11.3 Å². The van der Waals surface area contributed by atoms with Crippen LogP contribution in [0.15, 0.2) is 28.7 Å². The van der Waals surface area contributed by atoms with Crippen LogP contribution in [-0.2, 0) is 11.3 Å². The summed E-state index contributed by atoms with van der Waals surface area (Å²) in [5.41, 5.74) is 1.09. The molecule has 1 aliphatic carbocycles. The number of aryl methyl sites for hydroxylation is 1. The highest BCUT2D eigenvalue weighted by Gasteiger charge is 2.55. The molecule has 1 aliphatic heterocycles. The van der Waals surface area contributed by atoms with Crippen molar-refractivity contribution in [1.82, 2.24) is 10.2 Å². The first-order valence-electron chi connectivity index (χ1n) is 8.74. The molecule has 6 nitrogen and oxygen atoms in total. The van der Waals surface area contributed by atoms with E-state index >= 15 is 0 Å². The summed E-state index contributed by atoms with van der Waals surface area (Å²) in [7, 11) is 0. The number of amides is 2. The molecule has 132 valence electrons. The predicted molar refractivity (Wildman–Crippen MR) is 92.2 cm³/mol. The maximum Gasteiger partial charge on any atom is 0.317 e. The van der Waals surface area contributed by atoms with Gasteiger partial charge in [-0.05, 0) is 31.7 Å². The summed E-state index contributed by atoms with van der Waals surface area (Å²) in [5, 5.41) is 13.6. The fraction of sp³-hybridized carbons (Fsp3) is 0.474. The van der Waals surface area contributed by atoms with Gasteiger partial charge in [0.25, 0.3) is 0 Å². The summed E-state index contributed by atoms with van der Waals surface area (Å²) in [5.74, 6) is 0.0454. The summed E-state index contributed by atoms with van der Waals surface area (Å²) < 4.78 is 5.82. The first-order valence-corrected chi connectivity index (χ1v) is 8.74. The number of urea groups is 1. The Bertz CT molecular complexity index is 843. The van der Waals surface area contributed by atoms with Gasteiger partial charge >= 0.3 is 12.0 Å². The second kappa shape index (κ2) is 5.79. The third-order valence-electron chi connectivity index (χ3n) is 5.93. The van der Waals surface area contributed by atoms with Crippen LogP contribution >= 0.6 is 0 Å². The van der Waals surface area contributed by atoms with Gasteiger partial charge in [-0.3, -0.25) is 4.79 Å². The van der Waals surface area contributed by atoms with Gasteiger partial charge in [-0.25, -0.2) is 4.79 Å². The van der Waals surface area contributed by atoms with Crippen LogP contribution in [-0.4, -0.2) is 35.1 Å². The maximum atomic E-state index is 12.5. The minimum absolute atomic E-state index is 0.0729. The van der Waals surface area contributed by atoms with E-state index in [0.717, 1.165) is 35.1 Å². The van der Waals surface area contributed by atoms with Crippen LogP contribution in [0.2, 0.25) is 0 Å². The number of furan rings is 1. The van der Waals surface area contributed by atoms with Crippen molar-refractivity contribution in [3.8, 4) is 0 Å². The average molecular weight is 342 g/mol. The highest BCUT2D eigenvalue weighted by molar-refractivity contribution is 5.83. The Kier molecular flexibility index (Phi) is 3.71. The highest BCUT2D eigenvalue weighted by atomic mass is 16.4. The maximum absolute atomic E-state index is 12.5. The lowest BCUT2D eigenvalue weighted by Crippen LogP contribution is -2.41. The third kappa shape index (κ3) is 2.47. The quantitative estimate of drug-likeness (QED) is 0.898. The zero-order valence-electron chi connectivity index (χ0n) is 14.2. The molecule has 2 heterocycles. The van der Waals surface area contributed by atoms with E-state index in [9.17, 15) is 14.7 Å². The summed E-state index contributed by atoms with van der Waals surface area (Å²) >= 11 is 0. The minimum Gasteiger partial charge on any atom is -0.481 e. The molecule has 2 aromatic rings. The van der Waals surface area contributed by atoms with Crippen molar-refractivity contribution in [3.63, 3.8) is 0 Å². The van der Waals surface area contributed by atoms with Crippen LogP contribution in [0, 0.1) is 18.3 Å². The number of para-hydroxylation sites is 1. The van der Waals surface area contributed by atoms with Gasteiger partial charge in [0.2, 0.25) is 0 Å². The van der Waals surface area contributed by atoms with Gasteiger partial charge in [-0.2, -0.15) is 0 Å². The zero-order chi connectivity index (χ0) is 17.6. The van der Waals surface area contributed by atoms with E-state index in [2.05, 4.69) is 5.32 Å². The van der Waals surface area contributed by atoms with Crippen molar-refractivity contribution in [3.05, 3.63) is 35.6 Å². The summed E-state index contributed by atoms with van der Waals surface area (Å²) in [4.78, 5) is 25.9. The number of likely N-dealkylation sites (tertiary alicyclic amines) is 1. The van der Waals surface area contributed by atoms with Gasteiger partial charge < -0.3 is 19.7 Å². The van der Waals surface area contributed by atoms with Crippen LogP contribution in [0.4, 0.5) is 4.79 Å². The molecule has 2 fully saturated rings. The molecule has 2 atom stereocenters. The van der Waals surface area contributed by atoms with Crippen molar-refractivity contribution >= 4 is 23.0 Å². The number of hydrogen-bond donors (Lipinski definition) is 2. The van der Waals surface area contributed by atoms with Gasteiger partial charge in [0.05, 0.1) is 12.0 Å². The predicted octanol–water partition coefficient (Wildman–Crippen LogP) is 3.14. The molecule has 25 heavy (non-hydrogen) atoms. The molecule has 1 saturated carbocycles. The van der Waals surface area contributed by atoms with E-state index in [0.29, 0.717) is 26.1 Å². The Morgan fingerprint density at radius 1 is 1.40 bits per heavy atom. The van der Waals surface area contributed by atoms with Gasteiger partial charge in [0.15, 0.2) is 0 Å². The van der Waals surface area contributed by atoms with Crippen LogP contribution in [0.25, 0.3) is 11.0 Å². The van der Waals surface area contributed by atoms with E-state index in [-0.39, 0.29) is 11.9 Å². The van der Waals surface area contributed by atoms with E-state index < -0.39 is 11.4 Å². The lowest BCUT2D eigenvalue weighted by Gasteiger charge is -2.23. The first-order chi connectivity index (χ1) is 12.0. The standard InChI is InChI=1S/C19H22N2O4/c1-12-14-6-2-3-7-15(14)25-16(12)9-20-18(24)21-10-13-5-4-8-19(13,11-21)17(22)23/h2-3,6-7,13H,4-5,8-11H2,1H3,(H,20,24)(H,22,23)/t13-,19+/m0/s1. The van der Waals surface area contributed by atoms with Crippen molar-refractivity contribution < 1.29 is 19.1 Å². The van der Waals surface area contributed by atoms with Crippen LogP contribution in [0.3, 0.4) is 0 Å². The zero-order valence-corrected chi connectivity index (χ0v) is 14.2. The Morgan fingerprint density at radius 2 is 2.20 bits per heavy atom. The minimum atomic E-state index is -0.765. The Morgan fingerprint density at radius 3 is 2.92 bits per heavy atom. The number of rotatable bonds is 3. The fourth-order valence-electron chi connectivity index (χ4n) is 4.45. The molecular weight excluding hydrogens is 320 g/mol. The number of fused-ring (bicyclic) bond motifs is 2. The Hall–Kier alpha value is -2.50. The number of carboxylic acid groups (broad SMARTS) is 1. The normalized spacial score (nSPS) is 25.3. The molecule has 1 aromatic carbocycles. The molecule has 0 radical (unpaired) electrons. The fourth-order valence-corrected chi connectivity index (χ4v) is 4.45. The number of carboxylic acids is 1. The number of aliphatic carboxylic acids is 1. The van der Waals surface area contributed by atoms with Gasteiger partial charge in [0, 0.05) is 24.0 Å². The first kappa shape index (κ1) is 16.0. The highest BCUT2D eigenvalue weighted by Crippen LogP contribution is 2.48.